The number of carbonyl (C=O) groups is 2. The van der Waals surface area contributed by atoms with Gasteiger partial charge < -0.3 is 14.4 Å². The maximum absolute atomic E-state index is 12.9. The molecule has 0 bridgehead atoms. The predicted molar refractivity (Wildman–Crippen MR) is 112 cm³/mol. The lowest BCUT2D eigenvalue weighted by molar-refractivity contribution is -0.152. The van der Waals surface area contributed by atoms with Crippen LogP contribution in [0.15, 0.2) is 24.3 Å². The molecule has 2 fully saturated rings. The molecule has 3 rings (SSSR count). The van der Waals surface area contributed by atoms with Gasteiger partial charge in [0, 0.05) is 25.6 Å². The van der Waals surface area contributed by atoms with Gasteiger partial charge in [0.2, 0.25) is 5.91 Å². The lowest BCUT2D eigenvalue weighted by Crippen LogP contribution is -2.46. The van der Waals surface area contributed by atoms with Gasteiger partial charge in [-0.15, -0.1) is 0 Å². The molecule has 2 saturated heterocycles. The molecular formula is C23H34N2O4. The number of likely N-dealkylation sites (tertiary alicyclic amines) is 2. The molecule has 0 atom stereocenters. The van der Waals surface area contributed by atoms with Gasteiger partial charge in [-0.1, -0.05) is 12.1 Å². The number of hydrogen-bond donors (Lipinski definition) is 0. The Bertz CT molecular complexity index is 660. The summed E-state index contributed by atoms with van der Waals surface area (Å²) in [5.41, 5.74) is 1.28. The van der Waals surface area contributed by atoms with E-state index in [9.17, 15) is 9.59 Å². The minimum atomic E-state index is -0.109. The Morgan fingerprint density at radius 2 is 1.52 bits per heavy atom. The van der Waals surface area contributed by atoms with E-state index in [1.807, 2.05) is 30.9 Å². The smallest absolute Gasteiger partial charge is 0.309 e. The summed E-state index contributed by atoms with van der Waals surface area (Å²) >= 11 is 0. The van der Waals surface area contributed by atoms with Gasteiger partial charge >= 0.3 is 5.97 Å². The van der Waals surface area contributed by atoms with E-state index in [4.69, 9.17) is 9.47 Å². The van der Waals surface area contributed by atoms with Gasteiger partial charge in [-0.3, -0.25) is 14.5 Å². The van der Waals surface area contributed by atoms with Crippen LogP contribution >= 0.6 is 0 Å². The Kier molecular flexibility index (Phi) is 7.92. The molecule has 0 spiro atoms. The van der Waals surface area contributed by atoms with Crippen LogP contribution in [0.3, 0.4) is 0 Å². The average Bonchev–Trinajstić information content (AvgIpc) is 2.76. The fourth-order valence-corrected chi connectivity index (χ4v) is 4.31. The Hall–Kier alpha value is -2.08. The number of esters is 1. The van der Waals surface area contributed by atoms with E-state index >= 15 is 0 Å². The molecule has 0 aliphatic carbocycles. The summed E-state index contributed by atoms with van der Waals surface area (Å²) in [6, 6.07) is 8.29. The second-order valence-electron chi connectivity index (χ2n) is 7.98. The number of amides is 1. The van der Waals surface area contributed by atoms with Crippen LogP contribution in [0.1, 0.15) is 45.1 Å². The second kappa shape index (κ2) is 10.6. The van der Waals surface area contributed by atoms with Crippen LogP contribution in [0.2, 0.25) is 0 Å². The largest absolute Gasteiger partial charge is 0.494 e. The predicted octanol–water partition coefficient (Wildman–Crippen LogP) is 3.10. The van der Waals surface area contributed by atoms with Gasteiger partial charge in [-0.2, -0.15) is 0 Å². The zero-order valence-electron chi connectivity index (χ0n) is 17.8. The molecule has 160 valence electrons. The first-order valence-electron chi connectivity index (χ1n) is 11.0. The minimum Gasteiger partial charge on any atom is -0.494 e. The molecule has 6 heteroatoms. The number of benzene rings is 1. The third kappa shape index (κ3) is 5.95. The SMILES string of the molecule is CCOC(=O)C1CCN(C(=O)C2CCN(Cc3ccc(OCC)cc3)CC2)CC1. The molecule has 0 saturated carbocycles. The second-order valence-corrected chi connectivity index (χ2v) is 7.98. The van der Waals surface area contributed by atoms with Gasteiger partial charge in [0.25, 0.3) is 0 Å². The third-order valence-electron chi connectivity index (χ3n) is 6.00. The molecule has 0 unspecified atom stereocenters. The molecular weight excluding hydrogens is 368 g/mol. The van der Waals surface area contributed by atoms with Crippen molar-refractivity contribution in [2.45, 2.75) is 46.1 Å². The lowest BCUT2D eigenvalue weighted by Gasteiger charge is -2.36. The van der Waals surface area contributed by atoms with Crippen molar-refractivity contribution in [2.24, 2.45) is 11.8 Å². The van der Waals surface area contributed by atoms with Gasteiger partial charge in [0.15, 0.2) is 0 Å². The van der Waals surface area contributed by atoms with E-state index in [2.05, 4.69) is 17.0 Å². The molecule has 2 aliphatic heterocycles. The Labute approximate surface area is 174 Å². The number of ether oxygens (including phenoxy) is 2. The molecule has 0 N–H and O–H groups in total. The van der Waals surface area contributed by atoms with E-state index in [0.29, 0.717) is 26.3 Å². The zero-order chi connectivity index (χ0) is 20.6. The van der Waals surface area contributed by atoms with Crippen molar-refractivity contribution >= 4 is 11.9 Å². The summed E-state index contributed by atoms with van der Waals surface area (Å²) < 4.78 is 10.6. The molecule has 2 heterocycles. The molecule has 2 aliphatic rings. The topological polar surface area (TPSA) is 59.1 Å². The first-order chi connectivity index (χ1) is 14.1. The summed E-state index contributed by atoms with van der Waals surface area (Å²) in [6.07, 6.45) is 3.27. The highest BCUT2D eigenvalue weighted by Crippen LogP contribution is 2.25. The van der Waals surface area contributed by atoms with E-state index in [1.165, 1.54) is 5.56 Å². The standard InChI is InChI=1S/C23H34N2O4/c1-3-28-21-7-5-18(6-8-21)17-24-13-9-19(10-14-24)22(26)25-15-11-20(12-16-25)23(27)29-4-2/h5-8,19-20H,3-4,9-17H2,1-2H3. The van der Waals surface area contributed by atoms with Crippen LogP contribution in [-0.2, 0) is 20.9 Å². The van der Waals surface area contributed by atoms with Gasteiger partial charge in [0.05, 0.1) is 19.1 Å². The minimum absolute atomic E-state index is 0.0463. The van der Waals surface area contributed by atoms with E-state index < -0.39 is 0 Å². The normalized spacial score (nSPS) is 19.2. The fraction of sp³-hybridized carbons (Fsp3) is 0.652. The van der Waals surface area contributed by atoms with Gasteiger partial charge in [-0.05, 0) is 70.3 Å². The van der Waals surface area contributed by atoms with Gasteiger partial charge in [-0.25, -0.2) is 0 Å². The van der Waals surface area contributed by atoms with Crippen LogP contribution in [0, 0.1) is 11.8 Å². The maximum atomic E-state index is 12.9. The summed E-state index contributed by atoms with van der Waals surface area (Å²) in [4.78, 5) is 29.2. The number of piperidine rings is 2. The highest BCUT2D eigenvalue weighted by Gasteiger charge is 2.33. The molecule has 1 aromatic rings. The van der Waals surface area contributed by atoms with Crippen LogP contribution in [0.5, 0.6) is 5.75 Å². The van der Waals surface area contributed by atoms with Crippen molar-refractivity contribution < 1.29 is 19.1 Å². The van der Waals surface area contributed by atoms with Crippen molar-refractivity contribution in [2.75, 3.05) is 39.4 Å². The van der Waals surface area contributed by atoms with E-state index in [0.717, 1.165) is 51.1 Å². The molecule has 1 amide bonds. The molecule has 29 heavy (non-hydrogen) atoms. The highest BCUT2D eigenvalue weighted by atomic mass is 16.5. The molecule has 0 radical (unpaired) electrons. The quantitative estimate of drug-likeness (QED) is 0.656. The van der Waals surface area contributed by atoms with Crippen molar-refractivity contribution in [3.8, 4) is 5.75 Å². The van der Waals surface area contributed by atoms with Crippen LogP contribution in [0.25, 0.3) is 0 Å². The Morgan fingerprint density at radius 1 is 0.897 bits per heavy atom. The average molecular weight is 403 g/mol. The number of hydrogen-bond acceptors (Lipinski definition) is 5. The van der Waals surface area contributed by atoms with Crippen LogP contribution in [-0.4, -0.2) is 61.1 Å². The van der Waals surface area contributed by atoms with Crippen LogP contribution < -0.4 is 4.74 Å². The molecule has 6 nitrogen and oxygen atoms in total. The highest BCUT2D eigenvalue weighted by molar-refractivity contribution is 5.79. The third-order valence-corrected chi connectivity index (χ3v) is 6.00. The molecule has 0 aromatic heterocycles. The summed E-state index contributed by atoms with van der Waals surface area (Å²) in [6.45, 7) is 9.09. The monoisotopic (exact) mass is 402 g/mol. The lowest BCUT2D eigenvalue weighted by atomic mass is 9.92. The first kappa shape index (κ1) is 21.6. The summed E-state index contributed by atoms with van der Waals surface area (Å²) in [5, 5.41) is 0. The summed E-state index contributed by atoms with van der Waals surface area (Å²) in [5.74, 6) is 1.14. The first-order valence-corrected chi connectivity index (χ1v) is 11.0. The zero-order valence-corrected chi connectivity index (χ0v) is 17.8. The van der Waals surface area contributed by atoms with E-state index in [1.54, 1.807) is 0 Å². The van der Waals surface area contributed by atoms with Crippen molar-refractivity contribution in [3.05, 3.63) is 29.8 Å². The number of carbonyl (C=O) groups excluding carboxylic acids is 2. The maximum Gasteiger partial charge on any atom is 0.309 e. The fourth-order valence-electron chi connectivity index (χ4n) is 4.31. The summed E-state index contributed by atoms with van der Waals surface area (Å²) in [7, 11) is 0. The van der Waals surface area contributed by atoms with Crippen molar-refractivity contribution in [1.82, 2.24) is 9.80 Å². The Morgan fingerprint density at radius 3 is 2.10 bits per heavy atom. The van der Waals surface area contributed by atoms with Gasteiger partial charge in [0.1, 0.15) is 5.75 Å². The van der Waals surface area contributed by atoms with E-state index in [-0.39, 0.29) is 23.7 Å². The Balaban J connectivity index is 1.41. The molecule has 1 aromatic carbocycles. The van der Waals surface area contributed by atoms with Crippen LogP contribution in [0.4, 0.5) is 0 Å². The van der Waals surface area contributed by atoms with Crippen molar-refractivity contribution in [1.29, 1.82) is 0 Å². The number of rotatable bonds is 7. The number of nitrogens with zero attached hydrogens (tertiary/aromatic N) is 2. The van der Waals surface area contributed by atoms with Crippen molar-refractivity contribution in [3.63, 3.8) is 0 Å².